The zero-order chi connectivity index (χ0) is 11.4. The minimum Gasteiger partial charge on any atom is -0.360 e. The Morgan fingerprint density at radius 3 is 1.79 bits per heavy atom. The molecule has 0 aromatic carbocycles. The molecule has 14 heavy (non-hydrogen) atoms. The molecule has 2 nitrogen and oxygen atoms in total. The van der Waals surface area contributed by atoms with E-state index in [2.05, 4.69) is 4.74 Å². The predicted molar refractivity (Wildman–Crippen MR) is 32.1 cm³/mol. The number of hydrogen-bond donors (Lipinski definition) is 0. The van der Waals surface area contributed by atoms with Crippen molar-refractivity contribution in [1.82, 2.24) is 0 Å². The lowest BCUT2D eigenvalue weighted by Gasteiger charge is -2.22. The maximum absolute atomic E-state index is 11.7. The first-order chi connectivity index (χ1) is 6.19. The highest BCUT2D eigenvalue weighted by Crippen LogP contribution is 2.35. The molecule has 0 saturated heterocycles. The molecule has 0 amide bonds. The van der Waals surface area contributed by atoms with Gasteiger partial charge in [-0.2, -0.15) is 31.6 Å². The lowest BCUT2D eigenvalue weighted by Crippen LogP contribution is -2.44. The number of nitrogens with zero attached hydrogens (tertiary/aromatic N) is 1. The van der Waals surface area contributed by atoms with E-state index in [-0.39, 0.29) is 0 Å². The molecule has 0 heterocycles. The average molecular weight is 221 g/mol. The van der Waals surface area contributed by atoms with Crippen LogP contribution in [0, 0.1) is 11.3 Å². The van der Waals surface area contributed by atoms with Gasteiger partial charge in [-0.1, -0.05) is 0 Å². The fourth-order valence-corrected chi connectivity index (χ4v) is 0.597. The summed E-state index contributed by atoms with van der Waals surface area (Å²) in [6.45, 7) is -0.903. The number of ether oxygens (including phenoxy) is 1. The second-order valence-corrected chi connectivity index (χ2v) is 2.24. The number of hydrogen-bond acceptors (Lipinski definition) is 2. The summed E-state index contributed by atoms with van der Waals surface area (Å²) in [6.07, 6.45) is -15.4. The van der Waals surface area contributed by atoms with Crippen molar-refractivity contribution in [3.63, 3.8) is 0 Å². The average Bonchev–Trinajstić information content (AvgIpc) is 1.92. The van der Waals surface area contributed by atoms with Crippen LogP contribution in [0.1, 0.15) is 6.42 Å². The molecule has 0 fully saturated rings. The first-order valence-electron chi connectivity index (χ1n) is 3.31. The smallest absolute Gasteiger partial charge is 0.360 e. The third-order valence-corrected chi connectivity index (χ3v) is 1.09. The van der Waals surface area contributed by atoms with E-state index in [0.717, 1.165) is 0 Å². The van der Waals surface area contributed by atoms with Crippen molar-refractivity contribution in [2.75, 3.05) is 6.61 Å². The Bertz CT molecular complexity index is 200. The molecule has 0 aliphatic heterocycles. The van der Waals surface area contributed by atoms with Crippen LogP contribution in [0.5, 0.6) is 0 Å². The van der Waals surface area contributed by atoms with Crippen molar-refractivity contribution in [3.05, 3.63) is 0 Å². The second-order valence-electron chi connectivity index (χ2n) is 2.24. The van der Waals surface area contributed by atoms with Gasteiger partial charge in [-0.05, 0) is 0 Å². The van der Waals surface area contributed by atoms with E-state index in [1.165, 1.54) is 6.07 Å². The Morgan fingerprint density at radius 1 is 1.07 bits per heavy atom. The zero-order valence-electron chi connectivity index (χ0n) is 6.61. The van der Waals surface area contributed by atoms with Gasteiger partial charge in [0.05, 0.1) is 19.1 Å². The van der Waals surface area contributed by atoms with Crippen LogP contribution < -0.4 is 0 Å². The van der Waals surface area contributed by atoms with Crippen molar-refractivity contribution in [1.29, 1.82) is 5.26 Å². The monoisotopic (exact) mass is 221 g/mol. The standard InChI is InChI=1S/C6H5F6NO/c7-5(8,9)4(6(10,11)12)14-3-1-2-13/h4H,1,3H2. The van der Waals surface area contributed by atoms with Gasteiger partial charge in [-0.3, -0.25) is 0 Å². The Labute approximate surface area is 75.1 Å². The van der Waals surface area contributed by atoms with Crippen LogP contribution in [-0.4, -0.2) is 25.1 Å². The molecule has 0 saturated carbocycles. The van der Waals surface area contributed by atoms with E-state index in [1.54, 1.807) is 0 Å². The fourth-order valence-electron chi connectivity index (χ4n) is 0.597. The molecule has 0 atom stereocenters. The van der Waals surface area contributed by atoms with Gasteiger partial charge in [0.25, 0.3) is 0 Å². The molecule has 0 aromatic heterocycles. The van der Waals surface area contributed by atoms with Crippen molar-refractivity contribution >= 4 is 0 Å². The summed E-state index contributed by atoms with van der Waals surface area (Å²) in [5.41, 5.74) is 0. The van der Waals surface area contributed by atoms with Gasteiger partial charge in [0.2, 0.25) is 6.10 Å². The molecular formula is C6H5F6NO. The molecule has 0 aromatic rings. The molecule has 82 valence electrons. The summed E-state index contributed by atoms with van der Waals surface area (Å²) < 4.78 is 73.8. The molecule has 0 aliphatic rings. The Kier molecular flexibility index (Phi) is 4.19. The van der Waals surface area contributed by atoms with Crippen molar-refractivity contribution in [2.24, 2.45) is 0 Å². The summed E-state index contributed by atoms with van der Waals surface area (Å²) in [5.74, 6) is 0. The van der Waals surface area contributed by atoms with E-state index in [0.29, 0.717) is 0 Å². The van der Waals surface area contributed by atoms with Gasteiger partial charge < -0.3 is 4.74 Å². The first-order valence-corrected chi connectivity index (χ1v) is 3.31. The van der Waals surface area contributed by atoms with Crippen LogP contribution in [-0.2, 0) is 4.74 Å². The van der Waals surface area contributed by atoms with Crippen LogP contribution in [0.3, 0.4) is 0 Å². The summed E-state index contributed by atoms with van der Waals surface area (Å²) in [4.78, 5) is 0. The van der Waals surface area contributed by atoms with Gasteiger partial charge in [-0.15, -0.1) is 0 Å². The van der Waals surface area contributed by atoms with Gasteiger partial charge in [0.15, 0.2) is 0 Å². The highest BCUT2D eigenvalue weighted by molar-refractivity contribution is 4.77. The molecule has 0 aliphatic carbocycles. The Balaban J connectivity index is 4.37. The normalized spacial score (nSPS) is 13.0. The van der Waals surface area contributed by atoms with Crippen molar-refractivity contribution < 1.29 is 31.1 Å². The molecule has 0 spiro atoms. The van der Waals surface area contributed by atoms with Gasteiger partial charge in [0.1, 0.15) is 0 Å². The summed E-state index contributed by atoms with van der Waals surface area (Å²) >= 11 is 0. The van der Waals surface area contributed by atoms with E-state index in [4.69, 9.17) is 5.26 Å². The van der Waals surface area contributed by atoms with Crippen LogP contribution in [0.25, 0.3) is 0 Å². The number of alkyl halides is 6. The van der Waals surface area contributed by atoms with Gasteiger partial charge in [-0.25, -0.2) is 0 Å². The van der Waals surface area contributed by atoms with Crippen LogP contribution in [0.15, 0.2) is 0 Å². The maximum atomic E-state index is 11.7. The van der Waals surface area contributed by atoms with Crippen molar-refractivity contribution in [2.45, 2.75) is 24.9 Å². The minimum absolute atomic E-state index is 0.525. The molecule has 0 rings (SSSR count). The number of rotatable bonds is 3. The highest BCUT2D eigenvalue weighted by Gasteiger charge is 2.57. The minimum atomic E-state index is -5.51. The third-order valence-electron chi connectivity index (χ3n) is 1.09. The Morgan fingerprint density at radius 2 is 1.50 bits per heavy atom. The second kappa shape index (κ2) is 4.50. The zero-order valence-corrected chi connectivity index (χ0v) is 6.61. The topological polar surface area (TPSA) is 33.0 Å². The highest BCUT2D eigenvalue weighted by atomic mass is 19.4. The van der Waals surface area contributed by atoms with Crippen LogP contribution in [0.2, 0.25) is 0 Å². The summed E-state index contributed by atoms with van der Waals surface area (Å²) in [6, 6.07) is 1.37. The molecule has 0 unspecified atom stereocenters. The van der Waals surface area contributed by atoms with E-state index in [1.807, 2.05) is 0 Å². The molecular weight excluding hydrogens is 216 g/mol. The quantitative estimate of drug-likeness (QED) is 0.541. The van der Waals surface area contributed by atoms with Crippen molar-refractivity contribution in [3.8, 4) is 6.07 Å². The first kappa shape index (κ1) is 13.0. The van der Waals surface area contributed by atoms with E-state index in [9.17, 15) is 26.3 Å². The molecule has 0 bridgehead atoms. The number of nitriles is 1. The maximum Gasteiger partial charge on any atom is 0.423 e. The Hall–Kier alpha value is -0.970. The fraction of sp³-hybridized carbons (Fsp3) is 0.833. The van der Waals surface area contributed by atoms with Crippen LogP contribution in [0.4, 0.5) is 26.3 Å². The molecule has 0 N–H and O–H groups in total. The van der Waals surface area contributed by atoms with Gasteiger partial charge in [0, 0.05) is 0 Å². The SMILES string of the molecule is N#CCCOC(C(F)(F)F)C(F)(F)F. The van der Waals surface area contributed by atoms with Crippen LogP contribution >= 0.6 is 0 Å². The van der Waals surface area contributed by atoms with Gasteiger partial charge >= 0.3 is 12.4 Å². The molecule has 8 heteroatoms. The van der Waals surface area contributed by atoms with E-state index >= 15 is 0 Å². The predicted octanol–water partition coefficient (Wildman–Crippen LogP) is 2.41. The van der Waals surface area contributed by atoms with E-state index < -0.39 is 31.5 Å². The lowest BCUT2D eigenvalue weighted by molar-refractivity contribution is -0.321. The summed E-state index contributed by atoms with van der Waals surface area (Å²) in [5, 5.41) is 7.89. The summed E-state index contributed by atoms with van der Waals surface area (Å²) in [7, 11) is 0. The third kappa shape index (κ3) is 4.32. The molecule has 0 radical (unpaired) electrons. The number of halogens is 6. The lowest BCUT2D eigenvalue weighted by atomic mass is 10.3. The largest absolute Gasteiger partial charge is 0.423 e.